The largest absolute Gasteiger partial charge is 0.492 e. The summed E-state index contributed by atoms with van der Waals surface area (Å²) < 4.78 is 0. The van der Waals surface area contributed by atoms with Gasteiger partial charge in [0.05, 0.1) is 11.3 Å². The first-order valence-corrected chi connectivity index (χ1v) is 5.34. The van der Waals surface area contributed by atoms with Gasteiger partial charge >= 0.3 is 5.97 Å². The number of rotatable bonds is 3. The third-order valence-electron chi connectivity index (χ3n) is 2.29. The molecule has 2 rings (SSSR count). The van der Waals surface area contributed by atoms with Crippen molar-refractivity contribution in [3.63, 3.8) is 0 Å². The highest BCUT2D eigenvalue weighted by atomic mass is 16.4. The van der Waals surface area contributed by atoms with Crippen LogP contribution in [0.4, 0.5) is 23.1 Å². The summed E-state index contributed by atoms with van der Waals surface area (Å²) in [7, 11) is 0. The standard InChI is InChI=1S/C11H10N6O3/c12-8-7(9(18)15-11(13)14-8)17-16-6-3-1-5(2-4-6)10(19)20/h1-4H,(H,19,20)(H5,12,13,14,15,18). The van der Waals surface area contributed by atoms with Crippen LogP contribution in [0, 0.1) is 0 Å². The normalized spacial score (nSPS) is 10.8. The van der Waals surface area contributed by atoms with E-state index in [2.05, 4.69) is 20.2 Å². The van der Waals surface area contributed by atoms with E-state index in [-0.39, 0.29) is 23.0 Å². The van der Waals surface area contributed by atoms with E-state index in [1.165, 1.54) is 24.3 Å². The molecule has 102 valence electrons. The number of benzene rings is 1. The Bertz CT molecular complexity index is 660. The van der Waals surface area contributed by atoms with E-state index in [0.717, 1.165) is 0 Å². The van der Waals surface area contributed by atoms with Crippen LogP contribution in [0.5, 0.6) is 5.88 Å². The number of hydrogen-bond acceptors (Lipinski definition) is 8. The molecule has 0 saturated heterocycles. The average molecular weight is 274 g/mol. The van der Waals surface area contributed by atoms with E-state index >= 15 is 0 Å². The molecule has 0 saturated carbocycles. The highest BCUT2D eigenvalue weighted by molar-refractivity contribution is 5.87. The maximum atomic E-state index is 10.7. The van der Waals surface area contributed by atoms with Crippen LogP contribution < -0.4 is 11.5 Å². The fraction of sp³-hybridized carbons (Fsp3) is 0. The Morgan fingerprint density at radius 2 is 1.75 bits per heavy atom. The summed E-state index contributed by atoms with van der Waals surface area (Å²) in [5.41, 5.74) is 11.2. The van der Waals surface area contributed by atoms with Crippen LogP contribution in [0.25, 0.3) is 0 Å². The maximum Gasteiger partial charge on any atom is 0.335 e. The average Bonchev–Trinajstić information content (AvgIpc) is 2.38. The number of hydrogen-bond donors (Lipinski definition) is 4. The van der Waals surface area contributed by atoms with Crippen molar-refractivity contribution in [2.75, 3.05) is 11.5 Å². The van der Waals surface area contributed by atoms with E-state index in [0.29, 0.717) is 5.69 Å². The van der Waals surface area contributed by atoms with Crippen molar-refractivity contribution in [3.05, 3.63) is 29.8 Å². The molecule has 6 N–H and O–H groups in total. The van der Waals surface area contributed by atoms with Crippen molar-refractivity contribution in [1.29, 1.82) is 0 Å². The zero-order chi connectivity index (χ0) is 14.7. The maximum absolute atomic E-state index is 10.7. The van der Waals surface area contributed by atoms with Crippen LogP contribution in [-0.2, 0) is 0 Å². The molecule has 1 aromatic carbocycles. The predicted octanol–water partition coefficient (Wildman–Crippen LogP) is 1.46. The molecule has 1 aromatic heterocycles. The Kier molecular flexibility index (Phi) is 3.42. The number of aromatic hydroxyl groups is 1. The minimum atomic E-state index is -1.04. The first-order chi connectivity index (χ1) is 9.47. The Morgan fingerprint density at radius 3 is 2.30 bits per heavy atom. The van der Waals surface area contributed by atoms with Gasteiger partial charge in [-0.3, -0.25) is 0 Å². The number of aromatic carboxylic acids is 1. The number of carboxylic acid groups (broad SMARTS) is 1. The molecule has 2 aromatic rings. The molecule has 0 fully saturated rings. The Hall–Kier alpha value is -3.23. The molecular weight excluding hydrogens is 264 g/mol. The molecule has 0 aliphatic carbocycles. The van der Waals surface area contributed by atoms with E-state index in [4.69, 9.17) is 16.6 Å². The SMILES string of the molecule is Nc1nc(N)c(N=Nc2ccc(C(=O)O)cc2)c(O)n1. The third-order valence-corrected chi connectivity index (χ3v) is 2.29. The van der Waals surface area contributed by atoms with Gasteiger partial charge in [-0.05, 0) is 24.3 Å². The molecule has 0 radical (unpaired) electrons. The number of nitrogens with zero attached hydrogens (tertiary/aromatic N) is 4. The molecular formula is C11H10N6O3. The van der Waals surface area contributed by atoms with Gasteiger partial charge in [-0.1, -0.05) is 0 Å². The van der Waals surface area contributed by atoms with Gasteiger partial charge in [0.2, 0.25) is 11.8 Å². The van der Waals surface area contributed by atoms with Crippen molar-refractivity contribution in [3.8, 4) is 5.88 Å². The quantitative estimate of drug-likeness (QED) is 0.616. The summed E-state index contributed by atoms with van der Waals surface area (Å²) in [6.45, 7) is 0. The number of aromatic nitrogens is 2. The summed E-state index contributed by atoms with van der Waals surface area (Å²) in [5, 5.41) is 25.8. The van der Waals surface area contributed by atoms with Gasteiger partial charge in [-0.2, -0.15) is 15.1 Å². The molecule has 0 unspecified atom stereocenters. The van der Waals surface area contributed by atoms with E-state index in [1.54, 1.807) is 0 Å². The number of azo groups is 1. The second-order valence-corrected chi connectivity index (χ2v) is 3.69. The number of anilines is 2. The Balaban J connectivity index is 2.27. The lowest BCUT2D eigenvalue weighted by atomic mass is 10.2. The number of nitrogens with two attached hydrogens (primary N) is 2. The first kappa shape index (κ1) is 13.2. The van der Waals surface area contributed by atoms with Gasteiger partial charge in [-0.25, -0.2) is 4.79 Å². The monoisotopic (exact) mass is 274 g/mol. The zero-order valence-corrected chi connectivity index (χ0v) is 10.1. The molecule has 0 spiro atoms. The van der Waals surface area contributed by atoms with Crippen LogP contribution in [0.3, 0.4) is 0 Å². The first-order valence-electron chi connectivity index (χ1n) is 5.34. The third kappa shape index (κ3) is 2.77. The van der Waals surface area contributed by atoms with Crippen molar-refractivity contribution in [1.82, 2.24) is 9.97 Å². The highest BCUT2D eigenvalue weighted by Crippen LogP contribution is 2.31. The second kappa shape index (κ2) is 5.18. The molecule has 0 bridgehead atoms. The summed E-state index contributed by atoms with van der Waals surface area (Å²) in [5.74, 6) is -1.81. The summed E-state index contributed by atoms with van der Waals surface area (Å²) in [6, 6.07) is 5.66. The molecule has 0 aliphatic rings. The Labute approximate surface area is 112 Å². The van der Waals surface area contributed by atoms with Crippen LogP contribution >= 0.6 is 0 Å². The van der Waals surface area contributed by atoms with Gasteiger partial charge in [0, 0.05) is 0 Å². The number of carboxylic acids is 1. The lowest BCUT2D eigenvalue weighted by Gasteiger charge is -2.01. The summed E-state index contributed by atoms with van der Waals surface area (Å²) >= 11 is 0. The topological polar surface area (TPSA) is 160 Å². The van der Waals surface area contributed by atoms with Crippen LogP contribution in [-0.4, -0.2) is 26.2 Å². The number of nitrogen functional groups attached to an aromatic ring is 2. The van der Waals surface area contributed by atoms with Crippen LogP contribution in [0.2, 0.25) is 0 Å². The van der Waals surface area contributed by atoms with E-state index < -0.39 is 11.8 Å². The van der Waals surface area contributed by atoms with Gasteiger partial charge < -0.3 is 21.7 Å². The van der Waals surface area contributed by atoms with Gasteiger partial charge in [-0.15, -0.1) is 5.11 Å². The lowest BCUT2D eigenvalue weighted by molar-refractivity contribution is 0.0697. The minimum Gasteiger partial charge on any atom is -0.492 e. The van der Waals surface area contributed by atoms with Crippen LogP contribution in [0.1, 0.15) is 10.4 Å². The highest BCUT2D eigenvalue weighted by Gasteiger charge is 2.09. The fourth-order valence-electron chi connectivity index (χ4n) is 1.35. The molecule has 1 heterocycles. The van der Waals surface area contributed by atoms with Crippen molar-refractivity contribution in [2.24, 2.45) is 10.2 Å². The van der Waals surface area contributed by atoms with Crippen molar-refractivity contribution >= 4 is 29.1 Å². The summed E-state index contributed by atoms with van der Waals surface area (Å²) in [6.07, 6.45) is 0. The fourth-order valence-corrected chi connectivity index (χ4v) is 1.35. The van der Waals surface area contributed by atoms with Crippen molar-refractivity contribution in [2.45, 2.75) is 0 Å². The van der Waals surface area contributed by atoms with Gasteiger partial charge in [0.1, 0.15) is 0 Å². The second-order valence-electron chi connectivity index (χ2n) is 3.69. The molecule has 9 nitrogen and oxygen atoms in total. The predicted molar refractivity (Wildman–Crippen MR) is 70.1 cm³/mol. The van der Waals surface area contributed by atoms with Gasteiger partial charge in [0.25, 0.3) is 0 Å². The van der Waals surface area contributed by atoms with E-state index in [9.17, 15) is 9.90 Å². The molecule has 0 atom stereocenters. The molecule has 20 heavy (non-hydrogen) atoms. The molecule has 9 heteroatoms. The number of carbonyl (C=O) groups is 1. The smallest absolute Gasteiger partial charge is 0.335 e. The summed E-state index contributed by atoms with van der Waals surface area (Å²) in [4.78, 5) is 17.8. The zero-order valence-electron chi connectivity index (χ0n) is 10.1. The molecule has 0 amide bonds. The van der Waals surface area contributed by atoms with Crippen LogP contribution in [0.15, 0.2) is 34.5 Å². The van der Waals surface area contributed by atoms with Gasteiger partial charge in [0.15, 0.2) is 11.5 Å². The van der Waals surface area contributed by atoms with E-state index in [1.807, 2.05) is 0 Å². The van der Waals surface area contributed by atoms with Crippen molar-refractivity contribution < 1.29 is 15.0 Å². The lowest BCUT2D eigenvalue weighted by Crippen LogP contribution is -1.99. The Morgan fingerprint density at radius 1 is 1.10 bits per heavy atom. The minimum absolute atomic E-state index is 0.110. The molecule has 0 aliphatic heterocycles.